The molecule has 2 aromatic rings. The fourth-order valence-electron chi connectivity index (χ4n) is 1.27. The maximum atomic E-state index is 12.1. The lowest BCUT2D eigenvalue weighted by Crippen LogP contribution is -2.28. The Kier molecular flexibility index (Phi) is 3.04. The number of rotatable bonds is 3. The van der Waals surface area contributed by atoms with Gasteiger partial charge in [0.15, 0.2) is 0 Å². The van der Waals surface area contributed by atoms with Crippen LogP contribution in [0.25, 0.3) is 5.52 Å². The van der Waals surface area contributed by atoms with E-state index in [1.165, 1.54) is 19.4 Å². The summed E-state index contributed by atoms with van der Waals surface area (Å²) in [5.41, 5.74) is -5.14. The zero-order chi connectivity index (χ0) is 14.3. The number of pyridine rings is 1. The van der Waals surface area contributed by atoms with Gasteiger partial charge in [-0.25, -0.2) is 4.52 Å². The van der Waals surface area contributed by atoms with Gasteiger partial charge >= 0.3 is 15.6 Å². The van der Waals surface area contributed by atoms with Crippen molar-refractivity contribution < 1.29 is 30.5 Å². The van der Waals surface area contributed by atoms with Crippen LogP contribution in [0.3, 0.4) is 0 Å². The first-order valence-corrected chi connectivity index (χ1v) is 6.18. The number of ether oxygens (including phenoxy) is 1. The quantitative estimate of drug-likeness (QED) is 0.635. The van der Waals surface area contributed by atoms with Crippen LogP contribution in [0.2, 0.25) is 0 Å². The van der Waals surface area contributed by atoms with Crippen LogP contribution in [0.4, 0.5) is 13.2 Å². The normalized spacial score (nSPS) is 12.6. The van der Waals surface area contributed by atoms with Gasteiger partial charge in [-0.2, -0.15) is 21.6 Å². The fraction of sp³-hybridized carbons (Fsp3) is 0.222. The van der Waals surface area contributed by atoms with Gasteiger partial charge in [-0.15, -0.1) is 5.10 Å². The molecular weight excluding hydrogens is 289 g/mol. The molecular formula is C9H7F3N2O4S. The molecule has 0 saturated carbocycles. The Morgan fingerprint density at radius 1 is 1.32 bits per heavy atom. The lowest BCUT2D eigenvalue weighted by atomic mass is 10.4. The van der Waals surface area contributed by atoms with E-state index in [4.69, 9.17) is 4.74 Å². The molecule has 0 spiro atoms. The van der Waals surface area contributed by atoms with Crippen LogP contribution in [0, 0.1) is 0 Å². The molecule has 0 saturated heterocycles. The Labute approximate surface area is 105 Å². The molecule has 6 nitrogen and oxygen atoms in total. The third-order valence-electron chi connectivity index (χ3n) is 2.12. The lowest BCUT2D eigenvalue weighted by molar-refractivity contribution is -0.0501. The first kappa shape index (κ1) is 13.5. The van der Waals surface area contributed by atoms with E-state index in [1.807, 2.05) is 0 Å². The number of aromatic nitrogens is 2. The molecule has 19 heavy (non-hydrogen) atoms. The van der Waals surface area contributed by atoms with E-state index in [0.717, 1.165) is 10.6 Å². The molecule has 0 bridgehead atoms. The summed E-state index contributed by atoms with van der Waals surface area (Å²) in [6.07, 6.45) is 1.36. The van der Waals surface area contributed by atoms with Gasteiger partial charge < -0.3 is 8.92 Å². The predicted molar refractivity (Wildman–Crippen MR) is 57.3 cm³/mol. The highest BCUT2D eigenvalue weighted by molar-refractivity contribution is 7.87. The van der Waals surface area contributed by atoms with Crippen molar-refractivity contribution in [2.45, 2.75) is 5.51 Å². The molecule has 0 aliphatic rings. The molecule has 0 N–H and O–H groups in total. The number of methoxy groups -OCH3 is 1. The van der Waals surface area contributed by atoms with Crippen molar-refractivity contribution in [3.05, 3.63) is 24.4 Å². The number of fused-ring (bicyclic) bond motifs is 1. The van der Waals surface area contributed by atoms with Crippen LogP contribution in [0.5, 0.6) is 11.6 Å². The number of alkyl halides is 3. The number of halogens is 3. The third kappa shape index (κ3) is 2.57. The van der Waals surface area contributed by atoms with Crippen LogP contribution in [0.1, 0.15) is 0 Å². The minimum absolute atomic E-state index is 0.355. The lowest BCUT2D eigenvalue weighted by Gasteiger charge is -2.06. The standard InChI is InChI=1S/C9H7F3N2O4S/c1-17-7-3-2-6-4-8(13-14(6)5-7)18-19(15,16)9(10,11)12/h2-5H,1H3. The fourth-order valence-corrected chi connectivity index (χ4v) is 1.67. The Bertz CT molecular complexity index is 708. The molecule has 0 atom stereocenters. The Morgan fingerprint density at radius 3 is 2.58 bits per heavy atom. The first-order chi connectivity index (χ1) is 8.73. The molecule has 0 aliphatic carbocycles. The largest absolute Gasteiger partial charge is 0.534 e. The molecule has 0 aromatic carbocycles. The maximum Gasteiger partial charge on any atom is 0.534 e. The van der Waals surface area contributed by atoms with Gasteiger partial charge in [0.25, 0.3) is 5.88 Å². The van der Waals surface area contributed by atoms with E-state index in [0.29, 0.717) is 11.3 Å². The predicted octanol–water partition coefficient (Wildman–Crippen LogP) is 1.57. The van der Waals surface area contributed by atoms with Gasteiger partial charge in [-0.3, -0.25) is 0 Å². The molecule has 2 rings (SSSR count). The average molecular weight is 296 g/mol. The summed E-state index contributed by atoms with van der Waals surface area (Å²) in [6, 6.07) is 4.08. The second-order valence-corrected chi connectivity index (χ2v) is 4.94. The molecule has 0 fully saturated rings. The number of nitrogens with zero attached hydrogens (tertiary/aromatic N) is 2. The Balaban J connectivity index is 2.37. The highest BCUT2D eigenvalue weighted by atomic mass is 32.2. The monoisotopic (exact) mass is 296 g/mol. The van der Waals surface area contributed by atoms with E-state index >= 15 is 0 Å². The highest BCUT2D eigenvalue weighted by Crippen LogP contribution is 2.27. The molecule has 104 valence electrons. The smallest absolute Gasteiger partial charge is 0.495 e. The van der Waals surface area contributed by atoms with Crippen LogP contribution < -0.4 is 8.92 Å². The zero-order valence-electron chi connectivity index (χ0n) is 9.38. The van der Waals surface area contributed by atoms with Crippen LogP contribution in [-0.2, 0) is 10.1 Å². The van der Waals surface area contributed by atoms with Crippen LogP contribution >= 0.6 is 0 Å². The summed E-state index contributed by atoms with van der Waals surface area (Å²) in [7, 11) is -4.32. The average Bonchev–Trinajstić information content (AvgIpc) is 2.67. The van der Waals surface area contributed by atoms with Crippen LogP contribution in [-0.4, -0.2) is 30.7 Å². The second kappa shape index (κ2) is 4.30. The molecule has 2 aromatic heterocycles. The van der Waals surface area contributed by atoms with E-state index in [-0.39, 0.29) is 0 Å². The summed E-state index contributed by atoms with van der Waals surface area (Å²) >= 11 is 0. The third-order valence-corrected chi connectivity index (χ3v) is 3.08. The first-order valence-electron chi connectivity index (χ1n) is 4.77. The molecule has 0 aliphatic heterocycles. The van der Waals surface area contributed by atoms with E-state index in [2.05, 4.69) is 9.28 Å². The van der Waals surface area contributed by atoms with Crippen molar-refractivity contribution >= 4 is 15.6 Å². The van der Waals surface area contributed by atoms with Crippen molar-refractivity contribution in [1.82, 2.24) is 9.61 Å². The van der Waals surface area contributed by atoms with Crippen molar-refractivity contribution in [3.8, 4) is 11.6 Å². The molecule has 2 heterocycles. The van der Waals surface area contributed by atoms with Gasteiger partial charge in [-0.05, 0) is 12.1 Å². The SMILES string of the molecule is COc1ccc2cc(OS(=O)(=O)C(F)(F)F)nn2c1. The summed E-state index contributed by atoms with van der Waals surface area (Å²) in [5.74, 6) is -0.272. The summed E-state index contributed by atoms with van der Waals surface area (Å²) in [4.78, 5) is 0. The molecule has 0 unspecified atom stereocenters. The summed E-state index contributed by atoms with van der Waals surface area (Å²) in [5, 5.41) is 3.56. The minimum atomic E-state index is -5.72. The van der Waals surface area contributed by atoms with Gasteiger partial charge in [-0.1, -0.05) is 0 Å². The highest BCUT2D eigenvalue weighted by Gasteiger charge is 2.49. The molecule has 10 heteroatoms. The Morgan fingerprint density at radius 2 is 2.00 bits per heavy atom. The number of hydrogen-bond acceptors (Lipinski definition) is 5. The van der Waals surface area contributed by atoms with E-state index in [1.54, 1.807) is 6.07 Å². The minimum Gasteiger partial charge on any atom is -0.495 e. The number of hydrogen-bond donors (Lipinski definition) is 0. The maximum absolute atomic E-state index is 12.1. The van der Waals surface area contributed by atoms with Crippen molar-refractivity contribution in [3.63, 3.8) is 0 Å². The summed E-state index contributed by atoms with van der Waals surface area (Å²) in [6.45, 7) is 0. The van der Waals surface area contributed by atoms with E-state index in [9.17, 15) is 21.6 Å². The van der Waals surface area contributed by atoms with Crippen molar-refractivity contribution in [2.24, 2.45) is 0 Å². The van der Waals surface area contributed by atoms with Gasteiger partial charge in [0.2, 0.25) is 0 Å². The van der Waals surface area contributed by atoms with Gasteiger partial charge in [0.05, 0.1) is 18.8 Å². The van der Waals surface area contributed by atoms with Crippen LogP contribution in [0.15, 0.2) is 24.4 Å². The molecule has 0 amide bonds. The second-order valence-electron chi connectivity index (χ2n) is 3.40. The van der Waals surface area contributed by atoms with Gasteiger partial charge in [0.1, 0.15) is 5.75 Å². The summed E-state index contributed by atoms with van der Waals surface area (Å²) < 4.78 is 67.9. The van der Waals surface area contributed by atoms with Crippen molar-refractivity contribution in [2.75, 3.05) is 7.11 Å². The Hall–Kier alpha value is -1.97. The van der Waals surface area contributed by atoms with Crippen molar-refractivity contribution in [1.29, 1.82) is 0 Å². The van der Waals surface area contributed by atoms with E-state index < -0.39 is 21.5 Å². The topological polar surface area (TPSA) is 69.9 Å². The van der Waals surface area contributed by atoms with Gasteiger partial charge in [0, 0.05) is 6.07 Å². The zero-order valence-corrected chi connectivity index (χ0v) is 10.2. The molecule has 0 radical (unpaired) electrons.